The summed E-state index contributed by atoms with van der Waals surface area (Å²) in [6.45, 7) is 0. The molecule has 102 valence electrons. The molecule has 2 rings (SSSR count). The highest BCUT2D eigenvalue weighted by Gasteiger charge is 2.02. The van der Waals surface area contributed by atoms with Crippen LogP contribution in [0.4, 0.5) is 0 Å². The summed E-state index contributed by atoms with van der Waals surface area (Å²) in [5, 5.41) is 9.82. The Labute approximate surface area is 136 Å². The van der Waals surface area contributed by atoms with Gasteiger partial charge in [0.05, 0.1) is 32.5 Å². The van der Waals surface area contributed by atoms with E-state index in [0.717, 1.165) is 0 Å². The van der Waals surface area contributed by atoms with Crippen LogP contribution < -0.4 is 0 Å². The van der Waals surface area contributed by atoms with Crippen LogP contribution in [0.3, 0.4) is 0 Å². The molecule has 2 nitrogen and oxygen atoms in total. The molecule has 0 aliphatic rings. The Hall–Kier alpha value is -1.06. The maximum Gasteiger partial charge on any atom is 0.0598 e. The molecule has 0 N–H and O–H groups in total. The van der Waals surface area contributed by atoms with Crippen molar-refractivity contribution in [3.8, 4) is 0 Å². The van der Waals surface area contributed by atoms with Crippen LogP contribution in [0, 0.1) is 0 Å². The summed E-state index contributed by atoms with van der Waals surface area (Å²) in [7, 11) is 0. The third-order valence-corrected chi connectivity index (χ3v) is 3.76. The van der Waals surface area contributed by atoms with Crippen LogP contribution in [0.25, 0.3) is 0 Å². The fourth-order valence-corrected chi connectivity index (χ4v) is 2.44. The van der Waals surface area contributed by atoms with Gasteiger partial charge in [0, 0.05) is 11.1 Å². The van der Waals surface area contributed by atoms with Gasteiger partial charge >= 0.3 is 0 Å². The van der Waals surface area contributed by atoms with Crippen molar-refractivity contribution in [3.63, 3.8) is 0 Å². The third-order valence-electron chi connectivity index (χ3n) is 2.44. The minimum atomic E-state index is 0.507. The lowest BCUT2D eigenvalue weighted by atomic mass is 10.2. The number of halogens is 4. The summed E-state index contributed by atoms with van der Waals surface area (Å²) in [4.78, 5) is 0. The van der Waals surface area contributed by atoms with Gasteiger partial charge < -0.3 is 0 Å². The van der Waals surface area contributed by atoms with Crippen molar-refractivity contribution in [1.29, 1.82) is 0 Å². The smallest absolute Gasteiger partial charge is 0.0598 e. The largest absolute Gasteiger partial charge is 0.158 e. The van der Waals surface area contributed by atoms with Crippen LogP contribution in [-0.4, -0.2) is 12.4 Å². The lowest BCUT2D eigenvalue weighted by Crippen LogP contribution is -1.86. The van der Waals surface area contributed by atoms with E-state index in [1.165, 1.54) is 12.4 Å². The van der Waals surface area contributed by atoms with Gasteiger partial charge in [0.15, 0.2) is 0 Å². The van der Waals surface area contributed by atoms with Gasteiger partial charge in [0.1, 0.15) is 0 Å². The number of rotatable bonds is 3. The summed E-state index contributed by atoms with van der Waals surface area (Å²) in [6, 6.07) is 10.4. The quantitative estimate of drug-likeness (QED) is 0.499. The van der Waals surface area contributed by atoms with Crippen LogP contribution in [0.15, 0.2) is 46.6 Å². The van der Waals surface area contributed by atoms with Gasteiger partial charge in [0.25, 0.3) is 0 Å². The van der Waals surface area contributed by atoms with Crippen molar-refractivity contribution >= 4 is 58.8 Å². The van der Waals surface area contributed by atoms with E-state index in [4.69, 9.17) is 46.4 Å². The normalized spacial score (nSPS) is 11.6. The summed E-state index contributed by atoms with van der Waals surface area (Å²) in [6.07, 6.45) is 2.96. The van der Waals surface area contributed by atoms with Crippen molar-refractivity contribution in [2.45, 2.75) is 0 Å². The predicted molar refractivity (Wildman–Crippen MR) is 88.1 cm³/mol. The van der Waals surface area contributed by atoms with E-state index in [-0.39, 0.29) is 0 Å². The average molecular weight is 346 g/mol. The number of hydrogen-bond acceptors (Lipinski definition) is 2. The fraction of sp³-hybridized carbons (Fsp3) is 0. The first kappa shape index (κ1) is 15.3. The SMILES string of the molecule is Clc1cccc(Cl)c1/C=N\N=C/c1c(Cl)cccc1Cl. The highest BCUT2D eigenvalue weighted by Crippen LogP contribution is 2.23. The standard InChI is InChI=1S/C14H8Cl4N2/c15-11-3-1-4-12(16)9(11)7-19-20-8-10-13(17)5-2-6-14(10)18/h1-8H/b19-7-,20-8-. The highest BCUT2D eigenvalue weighted by atomic mass is 35.5. The predicted octanol–water partition coefficient (Wildman–Crippen LogP) is 5.75. The number of hydrogen-bond donors (Lipinski definition) is 0. The fourth-order valence-electron chi connectivity index (χ4n) is 1.45. The first-order valence-electron chi connectivity index (χ1n) is 5.54. The molecule has 0 heterocycles. The average Bonchev–Trinajstić information content (AvgIpc) is 2.40. The monoisotopic (exact) mass is 344 g/mol. The van der Waals surface area contributed by atoms with Gasteiger partial charge in [-0.15, -0.1) is 0 Å². The van der Waals surface area contributed by atoms with E-state index in [2.05, 4.69) is 10.2 Å². The molecule has 2 aromatic rings. The van der Waals surface area contributed by atoms with Crippen molar-refractivity contribution in [3.05, 3.63) is 67.6 Å². The Bertz CT molecular complexity index is 581. The Morgan fingerprint density at radius 2 is 0.900 bits per heavy atom. The van der Waals surface area contributed by atoms with E-state index in [9.17, 15) is 0 Å². The minimum Gasteiger partial charge on any atom is -0.158 e. The zero-order chi connectivity index (χ0) is 14.5. The van der Waals surface area contributed by atoms with E-state index < -0.39 is 0 Å². The van der Waals surface area contributed by atoms with Crippen molar-refractivity contribution in [2.24, 2.45) is 10.2 Å². The maximum absolute atomic E-state index is 6.01. The summed E-state index contributed by atoms with van der Waals surface area (Å²) >= 11 is 24.0. The Balaban J connectivity index is 2.20. The Morgan fingerprint density at radius 3 is 1.20 bits per heavy atom. The molecule has 0 atom stereocenters. The molecule has 0 radical (unpaired) electrons. The lowest BCUT2D eigenvalue weighted by Gasteiger charge is -1.99. The van der Waals surface area contributed by atoms with Crippen LogP contribution in [0.5, 0.6) is 0 Å². The summed E-state index contributed by atoms with van der Waals surface area (Å²) in [5.74, 6) is 0. The summed E-state index contributed by atoms with van der Waals surface area (Å²) < 4.78 is 0. The van der Waals surface area contributed by atoms with Crippen molar-refractivity contribution < 1.29 is 0 Å². The molecule has 0 bridgehead atoms. The molecule has 0 aliphatic heterocycles. The van der Waals surface area contributed by atoms with Crippen molar-refractivity contribution in [2.75, 3.05) is 0 Å². The minimum absolute atomic E-state index is 0.507. The Morgan fingerprint density at radius 1 is 0.600 bits per heavy atom. The zero-order valence-corrected chi connectivity index (χ0v) is 13.0. The van der Waals surface area contributed by atoms with E-state index in [1.54, 1.807) is 36.4 Å². The zero-order valence-electron chi connectivity index (χ0n) is 10.0. The van der Waals surface area contributed by atoms with E-state index >= 15 is 0 Å². The molecule has 20 heavy (non-hydrogen) atoms. The van der Waals surface area contributed by atoms with Crippen LogP contribution in [-0.2, 0) is 0 Å². The second-order valence-corrected chi connectivity index (χ2v) is 5.39. The van der Waals surface area contributed by atoms with Crippen LogP contribution in [0.1, 0.15) is 11.1 Å². The molecule has 0 aromatic heterocycles. The molecule has 0 fully saturated rings. The lowest BCUT2D eigenvalue weighted by molar-refractivity contribution is 1.26. The van der Waals surface area contributed by atoms with Gasteiger partial charge in [-0.3, -0.25) is 0 Å². The van der Waals surface area contributed by atoms with Gasteiger partial charge in [-0.2, -0.15) is 10.2 Å². The molecule has 0 unspecified atom stereocenters. The first-order valence-corrected chi connectivity index (χ1v) is 7.05. The molecule has 2 aromatic carbocycles. The van der Waals surface area contributed by atoms with Gasteiger partial charge in [0.2, 0.25) is 0 Å². The Kier molecular flexibility index (Phi) is 5.44. The van der Waals surface area contributed by atoms with E-state index in [1.807, 2.05) is 0 Å². The second-order valence-electron chi connectivity index (χ2n) is 3.76. The molecular weight excluding hydrogens is 338 g/mol. The first-order chi connectivity index (χ1) is 9.59. The molecular formula is C14H8Cl4N2. The number of benzene rings is 2. The van der Waals surface area contributed by atoms with Gasteiger partial charge in [-0.05, 0) is 24.3 Å². The molecule has 0 amide bonds. The second kappa shape index (κ2) is 7.09. The van der Waals surface area contributed by atoms with E-state index in [0.29, 0.717) is 31.2 Å². The van der Waals surface area contributed by atoms with Crippen LogP contribution in [0.2, 0.25) is 20.1 Å². The third kappa shape index (κ3) is 3.74. The van der Waals surface area contributed by atoms with Gasteiger partial charge in [-0.25, -0.2) is 0 Å². The molecule has 0 aliphatic carbocycles. The molecule has 0 spiro atoms. The van der Waals surface area contributed by atoms with Crippen LogP contribution >= 0.6 is 46.4 Å². The topological polar surface area (TPSA) is 24.7 Å². The molecule has 6 heteroatoms. The molecule has 0 saturated heterocycles. The molecule has 0 saturated carbocycles. The highest BCUT2D eigenvalue weighted by molar-refractivity contribution is 6.39. The number of nitrogens with zero attached hydrogens (tertiary/aromatic N) is 2. The summed E-state index contributed by atoms with van der Waals surface area (Å²) in [5.41, 5.74) is 1.22. The van der Waals surface area contributed by atoms with Crippen molar-refractivity contribution in [1.82, 2.24) is 0 Å². The maximum atomic E-state index is 6.01. The van der Waals surface area contributed by atoms with Gasteiger partial charge in [-0.1, -0.05) is 58.5 Å².